The fourth-order valence-corrected chi connectivity index (χ4v) is 0.988. The molecule has 0 rings (SSSR count). The predicted molar refractivity (Wildman–Crippen MR) is 56.1 cm³/mol. The second-order valence-electron chi connectivity index (χ2n) is 3.77. The molecule has 0 aliphatic carbocycles. The smallest absolute Gasteiger partial charge is 0.411 e. The van der Waals surface area contributed by atoms with E-state index in [1.807, 2.05) is 0 Å². The summed E-state index contributed by atoms with van der Waals surface area (Å²) >= 11 is 0. The molecule has 0 amide bonds. The molecular formula is C10H12F6O6. The lowest BCUT2D eigenvalue weighted by Gasteiger charge is -2.28. The first-order valence-electron chi connectivity index (χ1n) is 5.53. The molecule has 0 atom stereocenters. The van der Waals surface area contributed by atoms with Gasteiger partial charge in [0, 0.05) is 7.11 Å². The minimum Gasteiger partial charge on any atom is -0.477 e. The fourth-order valence-electron chi connectivity index (χ4n) is 0.988. The highest BCUT2D eigenvalue weighted by atomic mass is 19.3. The normalized spacial score (nSPS) is 13.0. The number of methoxy groups -OCH3 is 1. The Bertz CT molecular complexity index is 399. The van der Waals surface area contributed by atoms with Gasteiger partial charge in [0.15, 0.2) is 0 Å². The number of alkyl halides is 6. The summed E-state index contributed by atoms with van der Waals surface area (Å²) in [7, 11) is 1.33. The molecule has 1 N–H and O–H groups in total. The molecule has 0 spiro atoms. The van der Waals surface area contributed by atoms with Crippen LogP contribution in [0.2, 0.25) is 0 Å². The summed E-state index contributed by atoms with van der Waals surface area (Å²) in [6.45, 7) is -1.30. The first-order valence-corrected chi connectivity index (χ1v) is 5.53. The molecule has 0 aliphatic heterocycles. The average Bonchev–Trinajstić information content (AvgIpc) is 2.41. The van der Waals surface area contributed by atoms with Gasteiger partial charge in [0.2, 0.25) is 0 Å². The molecule has 22 heavy (non-hydrogen) atoms. The lowest BCUT2D eigenvalue weighted by molar-refractivity contribution is -0.299. The van der Waals surface area contributed by atoms with Crippen LogP contribution in [0.5, 0.6) is 0 Å². The van der Waals surface area contributed by atoms with Crippen LogP contribution in [0.25, 0.3) is 0 Å². The Morgan fingerprint density at radius 1 is 0.909 bits per heavy atom. The van der Waals surface area contributed by atoms with Crippen molar-refractivity contribution in [3.8, 4) is 0 Å². The number of aliphatic carboxylic acids is 1. The molecule has 0 aromatic rings. The van der Waals surface area contributed by atoms with Crippen molar-refractivity contribution in [3.63, 3.8) is 0 Å². The highest BCUT2D eigenvalue weighted by Crippen LogP contribution is 2.46. The van der Waals surface area contributed by atoms with Gasteiger partial charge in [-0.1, -0.05) is 0 Å². The molecule has 0 aliphatic rings. The van der Waals surface area contributed by atoms with E-state index < -0.39 is 42.9 Å². The zero-order chi connectivity index (χ0) is 17.6. The van der Waals surface area contributed by atoms with Crippen molar-refractivity contribution in [2.24, 2.45) is 0 Å². The molecule has 0 fully saturated rings. The third kappa shape index (κ3) is 4.22. The molecule has 12 heteroatoms. The maximum absolute atomic E-state index is 13.1. The summed E-state index contributed by atoms with van der Waals surface area (Å²) < 4.78 is 90.1. The first kappa shape index (κ1) is 20.4. The number of carbonyl (C=O) groups is 2. The van der Waals surface area contributed by atoms with Crippen molar-refractivity contribution >= 4 is 11.9 Å². The van der Waals surface area contributed by atoms with Gasteiger partial charge in [-0.05, 0) is 0 Å². The van der Waals surface area contributed by atoms with Crippen LogP contribution < -0.4 is 0 Å². The minimum atomic E-state index is -6.47. The second kappa shape index (κ2) is 7.63. The van der Waals surface area contributed by atoms with Crippen molar-refractivity contribution in [2.45, 2.75) is 17.8 Å². The number of esters is 1. The number of halogens is 6. The first-order chi connectivity index (χ1) is 9.92. The summed E-state index contributed by atoms with van der Waals surface area (Å²) in [6, 6.07) is 0. The number of carboxylic acids is 1. The fraction of sp³-hybridized carbons (Fsp3) is 0.800. The molecule has 0 heterocycles. The van der Waals surface area contributed by atoms with Gasteiger partial charge >= 0.3 is 29.7 Å². The van der Waals surface area contributed by atoms with E-state index in [9.17, 15) is 35.9 Å². The Labute approximate surface area is 119 Å². The van der Waals surface area contributed by atoms with Crippen molar-refractivity contribution in [1.82, 2.24) is 0 Å². The van der Waals surface area contributed by atoms with Crippen LogP contribution in [0.1, 0.15) is 0 Å². The van der Waals surface area contributed by atoms with Crippen molar-refractivity contribution in [3.05, 3.63) is 0 Å². The molecule has 0 aromatic carbocycles. The zero-order valence-electron chi connectivity index (χ0n) is 11.1. The number of carboxylic acid groups (broad SMARTS) is 1. The van der Waals surface area contributed by atoms with Crippen molar-refractivity contribution < 1.29 is 55.2 Å². The topological polar surface area (TPSA) is 82.1 Å². The third-order valence-electron chi connectivity index (χ3n) is 2.21. The van der Waals surface area contributed by atoms with E-state index in [0.29, 0.717) is 0 Å². The molecule has 0 saturated carbocycles. The van der Waals surface area contributed by atoms with Crippen LogP contribution in [-0.2, 0) is 23.8 Å². The Kier molecular flexibility index (Phi) is 7.09. The van der Waals surface area contributed by atoms with Crippen LogP contribution in [0.15, 0.2) is 0 Å². The van der Waals surface area contributed by atoms with E-state index in [0.717, 1.165) is 0 Å². The highest BCUT2D eigenvalue weighted by Gasteiger charge is 2.79. The molecule has 130 valence electrons. The Balaban J connectivity index is 4.71. The predicted octanol–water partition coefficient (Wildman–Crippen LogP) is 1.18. The lowest BCUT2D eigenvalue weighted by Crippen LogP contribution is -2.61. The minimum absolute atomic E-state index is 0.0162. The molecule has 0 bridgehead atoms. The molecule has 0 saturated heterocycles. The van der Waals surface area contributed by atoms with Crippen LogP contribution in [-0.4, -0.2) is 68.4 Å². The monoisotopic (exact) mass is 342 g/mol. The van der Waals surface area contributed by atoms with Gasteiger partial charge in [-0.2, -0.15) is 26.3 Å². The summed E-state index contributed by atoms with van der Waals surface area (Å²) in [5.74, 6) is -25.2. The van der Waals surface area contributed by atoms with Gasteiger partial charge in [0.1, 0.15) is 6.61 Å². The van der Waals surface area contributed by atoms with Crippen LogP contribution in [0.3, 0.4) is 0 Å². The SMILES string of the molecule is COCCOCCOC(=O)C(F)(F)C(F)(F)C(F)(F)C(=O)O. The van der Waals surface area contributed by atoms with Gasteiger partial charge in [-0.3, -0.25) is 0 Å². The van der Waals surface area contributed by atoms with E-state index >= 15 is 0 Å². The Morgan fingerprint density at radius 2 is 1.41 bits per heavy atom. The van der Waals surface area contributed by atoms with Gasteiger partial charge < -0.3 is 19.3 Å². The van der Waals surface area contributed by atoms with Gasteiger partial charge in [0.25, 0.3) is 0 Å². The van der Waals surface area contributed by atoms with E-state index in [1.165, 1.54) is 7.11 Å². The second-order valence-corrected chi connectivity index (χ2v) is 3.77. The van der Waals surface area contributed by atoms with Crippen molar-refractivity contribution in [2.75, 3.05) is 33.5 Å². The number of ether oxygens (including phenoxy) is 3. The summed E-state index contributed by atoms with van der Waals surface area (Å²) in [5.41, 5.74) is 0. The molecular weight excluding hydrogens is 330 g/mol. The highest BCUT2D eigenvalue weighted by molar-refractivity contribution is 5.83. The Hall–Kier alpha value is -1.56. The Morgan fingerprint density at radius 3 is 1.86 bits per heavy atom. The maximum Gasteiger partial charge on any atom is 0.411 e. The van der Waals surface area contributed by atoms with Gasteiger partial charge in [-0.15, -0.1) is 0 Å². The maximum atomic E-state index is 13.1. The molecule has 6 nitrogen and oxygen atoms in total. The number of hydrogen-bond donors (Lipinski definition) is 1. The summed E-state index contributed by atoms with van der Waals surface area (Å²) in [4.78, 5) is 20.8. The number of carbonyl (C=O) groups excluding carboxylic acids is 1. The lowest BCUT2D eigenvalue weighted by atomic mass is 10.0. The van der Waals surface area contributed by atoms with Crippen LogP contribution >= 0.6 is 0 Å². The van der Waals surface area contributed by atoms with E-state index in [4.69, 9.17) is 5.11 Å². The average molecular weight is 342 g/mol. The molecule has 0 radical (unpaired) electrons. The standard InChI is InChI=1S/C10H12F6O6/c1-20-2-3-21-4-5-22-7(19)9(13,14)10(15,16)8(11,12)6(17)18/h2-5H2,1H3,(H,17,18). The number of rotatable bonds is 10. The molecule has 0 unspecified atom stereocenters. The summed E-state index contributed by atoms with van der Waals surface area (Å²) in [6.07, 6.45) is 0. The zero-order valence-corrected chi connectivity index (χ0v) is 11.1. The van der Waals surface area contributed by atoms with Gasteiger partial charge in [0.05, 0.1) is 19.8 Å². The van der Waals surface area contributed by atoms with E-state index in [2.05, 4.69) is 14.2 Å². The van der Waals surface area contributed by atoms with E-state index in [-0.39, 0.29) is 13.2 Å². The van der Waals surface area contributed by atoms with E-state index in [1.54, 1.807) is 0 Å². The third-order valence-corrected chi connectivity index (χ3v) is 2.21. The number of hydrogen-bond acceptors (Lipinski definition) is 5. The summed E-state index contributed by atoms with van der Waals surface area (Å²) in [5, 5.41) is 7.87. The van der Waals surface area contributed by atoms with Gasteiger partial charge in [-0.25, -0.2) is 9.59 Å². The largest absolute Gasteiger partial charge is 0.477 e. The quantitative estimate of drug-likeness (QED) is 0.365. The van der Waals surface area contributed by atoms with Crippen molar-refractivity contribution in [1.29, 1.82) is 0 Å². The van der Waals surface area contributed by atoms with Crippen LogP contribution in [0, 0.1) is 0 Å². The van der Waals surface area contributed by atoms with Crippen LogP contribution in [0.4, 0.5) is 26.3 Å². The molecule has 0 aromatic heterocycles.